The number of benzene rings is 1. The summed E-state index contributed by atoms with van der Waals surface area (Å²) in [6.45, 7) is 2.34. The number of furan rings is 2. The van der Waals surface area contributed by atoms with Crippen molar-refractivity contribution in [2.45, 2.75) is 24.7 Å². The molecule has 4 aromatic heterocycles. The molecule has 0 fully saturated rings. The molecule has 0 saturated carbocycles. The SMILES string of the molecule is C[C@H](NC(=O)CSc1nnc(-c2c[nH]c3ccccc23)n1Cc1ccco1)c1ccco1. The number of amides is 1. The number of carbonyl (C=O) groups excluding carboxylic acids is 1. The molecule has 0 bridgehead atoms. The van der Waals surface area contributed by atoms with Crippen LogP contribution in [0.2, 0.25) is 0 Å². The highest BCUT2D eigenvalue weighted by Crippen LogP contribution is 2.30. The minimum Gasteiger partial charge on any atom is -0.467 e. The maximum atomic E-state index is 12.5. The van der Waals surface area contributed by atoms with E-state index >= 15 is 0 Å². The first kappa shape index (κ1) is 20.2. The molecule has 162 valence electrons. The van der Waals surface area contributed by atoms with Gasteiger partial charge in [-0.05, 0) is 37.3 Å². The summed E-state index contributed by atoms with van der Waals surface area (Å²) < 4.78 is 12.9. The van der Waals surface area contributed by atoms with Crippen molar-refractivity contribution in [3.63, 3.8) is 0 Å². The van der Waals surface area contributed by atoms with Gasteiger partial charge < -0.3 is 19.1 Å². The number of rotatable bonds is 8. The van der Waals surface area contributed by atoms with Gasteiger partial charge in [0.25, 0.3) is 0 Å². The van der Waals surface area contributed by atoms with Crippen LogP contribution >= 0.6 is 11.8 Å². The summed E-state index contributed by atoms with van der Waals surface area (Å²) in [5.74, 6) is 2.30. The van der Waals surface area contributed by atoms with E-state index in [1.165, 1.54) is 11.8 Å². The lowest BCUT2D eigenvalue weighted by Crippen LogP contribution is -2.28. The van der Waals surface area contributed by atoms with E-state index in [0.29, 0.717) is 23.3 Å². The predicted octanol–water partition coefficient (Wildman–Crippen LogP) is 4.63. The third-order valence-corrected chi connectivity index (χ3v) is 6.09. The molecule has 1 atom stereocenters. The van der Waals surface area contributed by atoms with Crippen LogP contribution < -0.4 is 5.32 Å². The standard InChI is InChI=1S/C23H21N5O3S/c1-15(20-9-5-11-31-20)25-21(29)14-32-23-27-26-22(28(23)13-16-6-4-10-30-16)18-12-24-19-8-3-2-7-17(18)19/h2-12,15,24H,13-14H2,1H3,(H,25,29)/t15-/m0/s1. The first-order valence-corrected chi connectivity index (χ1v) is 11.2. The first-order valence-electron chi connectivity index (χ1n) is 10.2. The summed E-state index contributed by atoms with van der Waals surface area (Å²) in [6, 6.07) is 15.2. The van der Waals surface area contributed by atoms with Crippen molar-refractivity contribution in [3.8, 4) is 11.4 Å². The average Bonchev–Trinajstić information content (AvgIpc) is 3.60. The number of nitrogens with zero attached hydrogens (tertiary/aromatic N) is 3. The molecule has 0 aliphatic rings. The fraction of sp³-hybridized carbons (Fsp3) is 0.174. The zero-order valence-corrected chi connectivity index (χ0v) is 18.1. The minimum atomic E-state index is -0.208. The summed E-state index contributed by atoms with van der Waals surface area (Å²) in [7, 11) is 0. The van der Waals surface area contributed by atoms with Gasteiger partial charge in [0.1, 0.15) is 11.5 Å². The van der Waals surface area contributed by atoms with Crippen molar-refractivity contribution in [1.82, 2.24) is 25.1 Å². The molecule has 32 heavy (non-hydrogen) atoms. The zero-order chi connectivity index (χ0) is 21.9. The fourth-order valence-corrected chi connectivity index (χ4v) is 4.32. The number of hydrogen-bond acceptors (Lipinski definition) is 6. The van der Waals surface area contributed by atoms with Gasteiger partial charge in [-0.25, -0.2) is 0 Å². The van der Waals surface area contributed by atoms with Crippen LogP contribution in [-0.2, 0) is 11.3 Å². The summed E-state index contributed by atoms with van der Waals surface area (Å²) in [4.78, 5) is 15.8. The molecule has 2 N–H and O–H groups in total. The van der Waals surface area contributed by atoms with Crippen LogP contribution in [0.25, 0.3) is 22.3 Å². The van der Waals surface area contributed by atoms with Gasteiger partial charge in [0.2, 0.25) is 5.91 Å². The number of para-hydroxylation sites is 1. The number of carbonyl (C=O) groups is 1. The third-order valence-electron chi connectivity index (χ3n) is 5.12. The first-order chi connectivity index (χ1) is 15.7. The number of hydrogen-bond donors (Lipinski definition) is 2. The molecule has 0 spiro atoms. The van der Waals surface area contributed by atoms with Crippen LogP contribution in [0.15, 0.2) is 81.2 Å². The van der Waals surface area contributed by atoms with Gasteiger partial charge in [-0.1, -0.05) is 30.0 Å². The van der Waals surface area contributed by atoms with Crippen molar-refractivity contribution < 1.29 is 13.6 Å². The molecule has 0 radical (unpaired) electrons. The van der Waals surface area contributed by atoms with Gasteiger partial charge in [0.15, 0.2) is 11.0 Å². The van der Waals surface area contributed by atoms with E-state index in [1.54, 1.807) is 18.6 Å². The normalized spacial score (nSPS) is 12.3. The molecule has 0 saturated heterocycles. The van der Waals surface area contributed by atoms with Crippen LogP contribution in [0.5, 0.6) is 0 Å². The van der Waals surface area contributed by atoms with E-state index in [-0.39, 0.29) is 17.7 Å². The van der Waals surface area contributed by atoms with Gasteiger partial charge in [0.05, 0.1) is 30.9 Å². The van der Waals surface area contributed by atoms with Gasteiger partial charge in [-0.15, -0.1) is 10.2 Å². The van der Waals surface area contributed by atoms with Gasteiger partial charge >= 0.3 is 0 Å². The summed E-state index contributed by atoms with van der Waals surface area (Å²) in [5.41, 5.74) is 1.97. The van der Waals surface area contributed by atoms with Crippen molar-refractivity contribution in [3.05, 3.63) is 78.8 Å². The van der Waals surface area contributed by atoms with E-state index in [0.717, 1.165) is 22.2 Å². The second-order valence-corrected chi connectivity index (χ2v) is 8.26. The zero-order valence-electron chi connectivity index (χ0n) is 17.3. The Kier molecular flexibility index (Phi) is 5.55. The summed E-state index contributed by atoms with van der Waals surface area (Å²) in [6.07, 6.45) is 5.16. The maximum Gasteiger partial charge on any atom is 0.231 e. The lowest BCUT2D eigenvalue weighted by molar-refractivity contribution is -0.119. The van der Waals surface area contributed by atoms with Crippen molar-refractivity contribution in [2.75, 3.05) is 5.75 Å². The predicted molar refractivity (Wildman–Crippen MR) is 121 cm³/mol. The molecular formula is C23H21N5O3S. The van der Waals surface area contributed by atoms with Crippen LogP contribution in [0, 0.1) is 0 Å². The number of aromatic amines is 1. The minimum absolute atomic E-state index is 0.111. The Hall–Kier alpha value is -3.72. The van der Waals surface area contributed by atoms with Crippen LogP contribution in [0.1, 0.15) is 24.5 Å². The molecular weight excluding hydrogens is 426 g/mol. The van der Waals surface area contributed by atoms with Gasteiger partial charge in [0, 0.05) is 22.7 Å². The number of H-pyrrole nitrogens is 1. The fourth-order valence-electron chi connectivity index (χ4n) is 3.57. The maximum absolute atomic E-state index is 12.5. The number of aromatic nitrogens is 4. The van der Waals surface area contributed by atoms with E-state index in [9.17, 15) is 4.79 Å². The van der Waals surface area contributed by atoms with Crippen LogP contribution in [-0.4, -0.2) is 31.4 Å². The third kappa shape index (κ3) is 4.06. The second kappa shape index (κ2) is 8.80. The highest BCUT2D eigenvalue weighted by molar-refractivity contribution is 7.99. The molecule has 1 amide bonds. The Morgan fingerprint density at radius 1 is 1.12 bits per heavy atom. The molecule has 0 aliphatic carbocycles. The Balaban J connectivity index is 1.39. The Morgan fingerprint density at radius 2 is 1.97 bits per heavy atom. The topological polar surface area (TPSA) is 102 Å². The van der Waals surface area contributed by atoms with Crippen LogP contribution in [0.3, 0.4) is 0 Å². The van der Waals surface area contributed by atoms with Crippen molar-refractivity contribution in [2.24, 2.45) is 0 Å². The largest absolute Gasteiger partial charge is 0.467 e. The molecule has 5 rings (SSSR count). The molecule has 0 unspecified atom stereocenters. The van der Waals surface area contributed by atoms with E-state index in [4.69, 9.17) is 8.83 Å². The number of thioether (sulfide) groups is 1. The molecule has 9 heteroatoms. The summed E-state index contributed by atoms with van der Waals surface area (Å²) >= 11 is 1.33. The quantitative estimate of drug-likeness (QED) is 0.336. The van der Waals surface area contributed by atoms with Crippen LogP contribution in [0.4, 0.5) is 0 Å². The van der Waals surface area contributed by atoms with Gasteiger partial charge in [-0.3, -0.25) is 9.36 Å². The molecule has 5 aromatic rings. The van der Waals surface area contributed by atoms with E-state index < -0.39 is 0 Å². The van der Waals surface area contributed by atoms with Gasteiger partial charge in [-0.2, -0.15) is 0 Å². The van der Waals surface area contributed by atoms with Crippen molar-refractivity contribution >= 4 is 28.6 Å². The lowest BCUT2D eigenvalue weighted by Gasteiger charge is -2.12. The monoisotopic (exact) mass is 447 g/mol. The number of fused-ring (bicyclic) bond motifs is 1. The molecule has 0 aliphatic heterocycles. The number of nitrogens with one attached hydrogen (secondary N) is 2. The second-order valence-electron chi connectivity index (χ2n) is 7.31. The highest BCUT2D eigenvalue weighted by atomic mass is 32.2. The molecule has 8 nitrogen and oxygen atoms in total. The smallest absolute Gasteiger partial charge is 0.231 e. The Labute approximate surface area is 188 Å². The van der Waals surface area contributed by atoms with Crippen molar-refractivity contribution in [1.29, 1.82) is 0 Å². The average molecular weight is 448 g/mol. The Bertz CT molecular complexity index is 1320. The lowest BCUT2D eigenvalue weighted by atomic mass is 10.1. The molecule has 4 heterocycles. The Morgan fingerprint density at radius 3 is 2.78 bits per heavy atom. The summed E-state index contributed by atoms with van der Waals surface area (Å²) in [5, 5.41) is 13.5. The molecule has 1 aromatic carbocycles. The highest BCUT2D eigenvalue weighted by Gasteiger charge is 2.20. The van der Waals surface area contributed by atoms with E-state index in [1.807, 2.05) is 60.2 Å². The van der Waals surface area contributed by atoms with E-state index in [2.05, 4.69) is 20.5 Å².